The Balaban J connectivity index is 2.15. The van der Waals surface area contributed by atoms with Gasteiger partial charge in [-0.15, -0.1) is 0 Å². The van der Waals surface area contributed by atoms with Gasteiger partial charge in [-0.2, -0.15) is 0 Å². The van der Waals surface area contributed by atoms with E-state index in [9.17, 15) is 4.79 Å². The molecule has 112 valence electrons. The normalized spacial score (nSPS) is 11.2. The Hall–Kier alpha value is -2.50. The summed E-state index contributed by atoms with van der Waals surface area (Å²) in [4.78, 5) is 11.8. The fourth-order valence-corrected chi connectivity index (χ4v) is 1.80. The van der Waals surface area contributed by atoms with E-state index in [1.807, 2.05) is 39.8 Å². The van der Waals surface area contributed by atoms with Crippen molar-refractivity contribution in [2.75, 3.05) is 11.1 Å². The van der Waals surface area contributed by atoms with Gasteiger partial charge in [-0.05, 0) is 45.4 Å². The number of aryl methyl sites for hydroxylation is 1. The zero-order chi connectivity index (χ0) is 15.6. The van der Waals surface area contributed by atoms with E-state index < -0.39 is 11.7 Å². The minimum absolute atomic E-state index is 0.263. The average Bonchev–Trinajstić information content (AvgIpc) is 2.76. The molecule has 6 nitrogen and oxygen atoms in total. The summed E-state index contributed by atoms with van der Waals surface area (Å²) in [5, 5.41) is 6.58. The van der Waals surface area contributed by atoms with Gasteiger partial charge in [0, 0.05) is 17.3 Å². The summed E-state index contributed by atoms with van der Waals surface area (Å²) in [5.74, 6) is 0.263. The highest BCUT2D eigenvalue weighted by Gasteiger charge is 2.17. The molecule has 1 heterocycles. The lowest BCUT2D eigenvalue weighted by atomic mass is 10.1. The quantitative estimate of drug-likeness (QED) is 0.881. The number of aromatic nitrogens is 1. The third-order valence-corrected chi connectivity index (χ3v) is 2.69. The molecule has 0 radical (unpaired) electrons. The lowest BCUT2D eigenvalue weighted by Crippen LogP contribution is -2.27. The van der Waals surface area contributed by atoms with E-state index >= 15 is 0 Å². The molecular weight excluding hydrogens is 270 g/mol. The van der Waals surface area contributed by atoms with Crippen LogP contribution < -0.4 is 11.1 Å². The summed E-state index contributed by atoms with van der Waals surface area (Å²) < 4.78 is 10.1. The van der Waals surface area contributed by atoms with Crippen molar-refractivity contribution in [1.29, 1.82) is 0 Å². The topological polar surface area (TPSA) is 90.4 Å². The van der Waals surface area contributed by atoms with Crippen molar-refractivity contribution in [1.82, 2.24) is 5.16 Å². The molecule has 0 saturated heterocycles. The number of nitrogen functional groups attached to an aromatic ring is 1. The standard InChI is InChI=1S/C15H19N3O3/c1-9-7-10(12-8-13(16)21-18-12)5-6-11(9)17-14(19)20-15(2,3)4/h5-8H,16H2,1-4H3,(H,17,19). The number of nitrogens with one attached hydrogen (secondary N) is 1. The Morgan fingerprint density at radius 3 is 2.57 bits per heavy atom. The summed E-state index contributed by atoms with van der Waals surface area (Å²) in [5.41, 5.74) is 8.06. The maximum absolute atomic E-state index is 11.8. The molecule has 0 unspecified atom stereocenters. The van der Waals surface area contributed by atoms with Crippen LogP contribution in [0.15, 0.2) is 28.8 Å². The van der Waals surface area contributed by atoms with Crippen LogP contribution in [-0.4, -0.2) is 16.9 Å². The average molecular weight is 289 g/mol. The van der Waals surface area contributed by atoms with Crippen LogP contribution in [0, 0.1) is 6.92 Å². The van der Waals surface area contributed by atoms with Gasteiger partial charge in [-0.25, -0.2) is 4.79 Å². The van der Waals surface area contributed by atoms with Gasteiger partial charge in [0.2, 0.25) is 5.88 Å². The predicted molar refractivity (Wildman–Crippen MR) is 80.9 cm³/mol. The molecule has 1 aromatic heterocycles. The number of rotatable bonds is 2. The molecule has 0 fully saturated rings. The summed E-state index contributed by atoms with van der Waals surface area (Å²) in [6.07, 6.45) is -0.482. The molecular formula is C15H19N3O3. The zero-order valence-electron chi connectivity index (χ0n) is 12.6. The van der Waals surface area contributed by atoms with Crippen LogP contribution in [0.1, 0.15) is 26.3 Å². The van der Waals surface area contributed by atoms with E-state index in [0.29, 0.717) is 11.4 Å². The second kappa shape index (κ2) is 5.47. The van der Waals surface area contributed by atoms with Crippen LogP contribution in [-0.2, 0) is 4.74 Å². The Bertz CT molecular complexity index is 656. The molecule has 2 aromatic rings. The van der Waals surface area contributed by atoms with Gasteiger partial charge in [0.25, 0.3) is 0 Å². The van der Waals surface area contributed by atoms with Crippen molar-refractivity contribution in [2.24, 2.45) is 0 Å². The lowest BCUT2D eigenvalue weighted by molar-refractivity contribution is 0.0636. The second-order valence-corrected chi connectivity index (χ2v) is 5.77. The Morgan fingerprint density at radius 2 is 2.05 bits per heavy atom. The molecule has 0 saturated carbocycles. The van der Waals surface area contributed by atoms with Gasteiger partial charge < -0.3 is 15.0 Å². The molecule has 3 N–H and O–H groups in total. The number of nitrogens with zero attached hydrogens (tertiary/aromatic N) is 1. The number of nitrogens with two attached hydrogens (primary N) is 1. The number of anilines is 2. The predicted octanol–water partition coefficient (Wildman–Crippen LogP) is 3.58. The first kappa shape index (κ1) is 14.9. The molecule has 1 aromatic carbocycles. The Morgan fingerprint density at radius 1 is 1.33 bits per heavy atom. The van der Waals surface area contributed by atoms with Gasteiger partial charge in [-0.3, -0.25) is 5.32 Å². The largest absolute Gasteiger partial charge is 0.444 e. The number of benzene rings is 1. The summed E-state index contributed by atoms with van der Waals surface area (Å²) in [6, 6.07) is 7.16. The molecule has 1 amide bonds. The van der Waals surface area contributed by atoms with Gasteiger partial charge >= 0.3 is 6.09 Å². The Kier molecular flexibility index (Phi) is 3.88. The first-order valence-corrected chi connectivity index (χ1v) is 6.58. The van der Waals surface area contributed by atoms with Crippen LogP contribution in [0.4, 0.5) is 16.4 Å². The number of hydrogen-bond donors (Lipinski definition) is 2. The van der Waals surface area contributed by atoms with E-state index in [4.69, 9.17) is 15.0 Å². The highest BCUT2D eigenvalue weighted by atomic mass is 16.6. The van der Waals surface area contributed by atoms with E-state index in [1.165, 1.54) is 0 Å². The monoisotopic (exact) mass is 289 g/mol. The molecule has 0 bridgehead atoms. The van der Waals surface area contributed by atoms with Crippen molar-refractivity contribution >= 4 is 17.7 Å². The van der Waals surface area contributed by atoms with Crippen molar-refractivity contribution in [3.05, 3.63) is 29.8 Å². The van der Waals surface area contributed by atoms with E-state index in [-0.39, 0.29) is 5.88 Å². The third kappa shape index (κ3) is 3.98. The molecule has 0 aliphatic heterocycles. The fourth-order valence-electron chi connectivity index (χ4n) is 1.80. The first-order chi connectivity index (χ1) is 9.74. The van der Waals surface area contributed by atoms with Crippen LogP contribution in [0.3, 0.4) is 0 Å². The van der Waals surface area contributed by atoms with Crippen molar-refractivity contribution < 1.29 is 14.1 Å². The highest BCUT2D eigenvalue weighted by Crippen LogP contribution is 2.25. The van der Waals surface area contributed by atoms with Crippen molar-refractivity contribution in [3.63, 3.8) is 0 Å². The van der Waals surface area contributed by atoms with Gasteiger partial charge in [0.1, 0.15) is 11.3 Å². The number of carbonyl (C=O) groups excluding carboxylic acids is 1. The number of carbonyl (C=O) groups is 1. The second-order valence-electron chi connectivity index (χ2n) is 5.77. The van der Waals surface area contributed by atoms with E-state index in [1.54, 1.807) is 12.1 Å². The number of amides is 1. The minimum Gasteiger partial charge on any atom is -0.444 e. The molecule has 2 rings (SSSR count). The van der Waals surface area contributed by atoms with Gasteiger partial charge in [0.05, 0.1) is 0 Å². The minimum atomic E-state index is -0.532. The van der Waals surface area contributed by atoms with Crippen LogP contribution in [0.25, 0.3) is 11.3 Å². The lowest BCUT2D eigenvalue weighted by Gasteiger charge is -2.20. The van der Waals surface area contributed by atoms with Crippen LogP contribution in [0.2, 0.25) is 0 Å². The van der Waals surface area contributed by atoms with Crippen LogP contribution >= 0.6 is 0 Å². The molecule has 0 atom stereocenters. The molecule has 21 heavy (non-hydrogen) atoms. The fraction of sp³-hybridized carbons (Fsp3) is 0.333. The zero-order valence-corrected chi connectivity index (χ0v) is 12.6. The van der Waals surface area contributed by atoms with Crippen LogP contribution in [0.5, 0.6) is 0 Å². The molecule has 6 heteroatoms. The molecule has 0 spiro atoms. The maximum Gasteiger partial charge on any atom is 0.412 e. The summed E-state index contributed by atoms with van der Waals surface area (Å²) >= 11 is 0. The number of hydrogen-bond acceptors (Lipinski definition) is 5. The maximum atomic E-state index is 11.8. The first-order valence-electron chi connectivity index (χ1n) is 6.58. The SMILES string of the molecule is Cc1cc(-c2cc(N)on2)ccc1NC(=O)OC(C)(C)C. The van der Waals surface area contributed by atoms with Crippen molar-refractivity contribution in [3.8, 4) is 11.3 Å². The van der Waals surface area contributed by atoms with E-state index in [0.717, 1.165) is 11.1 Å². The molecule has 0 aliphatic rings. The molecule has 0 aliphatic carbocycles. The highest BCUT2D eigenvalue weighted by molar-refractivity contribution is 5.86. The third-order valence-electron chi connectivity index (χ3n) is 2.69. The van der Waals surface area contributed by atoms with Gasteiger partial charge in [0.15, 0.2) is 0 Å². The van der Waals surface area contributed by atoms with Crippen molar-refractivity contribution in [2.45, 2.75) is 33.3 Å². The Labute approximate surface area is 123 Å². The van der Waals surface area contributed by atoms with E-state index in [2.05, 4.69) is 10.5 Å². The smallest absolute Gasteiger partial charge is 0.412 e. The number of ether oxygens (including phenoxy) is 1. The summed E-state index contributed by atoms with van der Waals surface area (Å²) in [7, 11) is 0. The summed E-state index contributed by atoms with van der Waals surface area (Å²) in [6.45, 7) is 7.34. The van der Waals surface area contributed by atoms with Gasteiger partial charge in [-0.1, -0.05) is 11.2 Å².